The summed E-state index contributed by atoms with van der Waals surface area (Å²) in [5.41, 5.74) is 0.195. The molecule has 5 heteroatoms. The molecule has 1 aromatic carbocycles. The van der Waals surface area contributed by atoms with Gasteiger partial charge in [-0.05, 0) is 12.5 Å². The van der Waals surface area contributed by atoms with Crippen LogP contribution in [0.1, 0.15) is 18.0 Å². The minimum atomic E-state index is -1.40. The number of piperazine rings is 1. The van der Waals surface area contributed by atoms with Crippen LogP contribution in [0.3, 0.4) is 0 Å². The Balaban J connectivity index is 2.32. The summed E-state index contributed by atoms with van der Waals surface area (Å²) in [6, 6.07) is 2.00. The number of nitrogens with zero attached hydrogens (tertiary/aromatic N) is 1. The molecule has 1 saturated heterocycles. The van der Waals surface area contributed by atoms with Crippen molar-refractivity contribution in [2.45, 2.75) is 12.5 Å². The molecule has 0 radical (unpaired) electrons. The van der Waals surface area contributed by atoms with E-state index >= 15 is 0 Å². The van der Waals surface area contributed by atoms with Crippen molar-refractivity contribution in [3.05, 3.63) is 47.8 Å². The van der Waals surface area contributed by atoms with E-state index in [1.54, 1.807) is 6.08 Å². The van der Waals surface area contributed by atoms with Gasteiger partial charge in [-0.2, -0.15) is 0 Å². The lowest BCUT2D eigenvalue weighted by Gasteiger charge is -2.35. The molecule has 0 amide bonds. The van der Waals surface area contributed by atoms with E-state index in [0.29, 0.717) is 6.42 Å². The Morgan fingerprint density at radius 2 is 1.89 bits per heavy atom. The predicted molar refractivity (Wildman–Crippen MR) is 68.3 cm³/mol. The average molecular weight is 270 g/mol. The normalized spacial score (nSPS) is 18.3. The Labute approximate surface area is 110 Å². The standard InChI is InChI=1S/C14H17F3N2/c1-2-3-12(19-8-6-18-7-9-19)10-4-5-11(15)14(17)13(10)16/h2,4-5,12,18H,1,3,6-9H2/t12-/m1/s1. The van der Waals surface area contributed by atoms with Crippen molar-refractivity contribution in [2.24, 2.45) is 0 Å². The summed E-state index contributed by atoms with van der Waals surface area (Å²) in [5.74, 6) is -3.65. The van der Waals surface area contributed by atoms with Crippen molar-refractivity contribution in [1.29, 1.82) is 0 Å². The second kappa shape index (κ2) is 6.21. The highest BCUT2D eigenvalue weighted by atomic mass is 19.2. The summed E-state index contributed by atoms with van der Waals surface area (Å²) < 4.78 is 40.2. The number of rotatable bonds is 4. The smallest absolute Gasteiger partial charge is 0.194 e. The van der Waals surface area contributed by atoms with E-state index in [4.69, 9.17) is 0 Å². The average Bonchev–Trinajstić information content (AvgIpc) is 2.44. The third-order valence-corrected chi connectivity index (χ3v) is 3.41. The van der Waals surface area contributed by atoms with E-state index in [1.807, 2.05) is 0 Å². The van der Waals surface area contributed by atoms with Crippen molar-refractivity contribution in [2.75, 3.05) is 26.2 Å². The lowest BCUT2D eigenvalue weighted by molar-refractivity contribution is 0.170. The molecule has 1 fully saturated rings. The fourth-order valence-electron chi connectivity index (χ4n) is 2.42. The van der Waals surface area contributed by atoms with Crippen LogP contribution in [0.2, 0.25) is 0 Å². The summed E-state index contributed by atoms with van der Waals surface area (Å²) in [5, 5.41) is 3.20. The van der Waals surface area contributed by atoms with E-state index in [1.165, 1.54) is 6.07 Å². The Bertz CT molecular complexity index is 456. The third kappa shape index (κ3) is 2.98. The van der Waals surface area contributed by atoms with Gasteiger partial charge >= 0.3 is 0 Å². The van der Waals surface area contributed by atoms with Crippen LogP contribution in [0.15, 0.2) is 24.8 Å². The molecule has 1 atom stereocenters. The molecular weight excluding hydrogens is 253 g/mol. The summed E-state index contributed by atoms with van der Waals surface area (Å²) >= 11 is 0. The van der Waals surface area contributed by atoms with Gasteiger partial charge in [0.05, 0.1) is 0 Å². The van der Waals surface area contributed by atoms with Gasteiger partial charge in [-0.15, -0.1) is 6.58 Å². The molecule has 19 heavy (non-hydrogen) atoms. The molecule has 1 aliphatic rings. The highest BCUT2D eigenvalue weighted by Crippen LogP contribution is 2.29. The fraction of sp³-hybridized carbons (Fsp3) is 0.429. The summed E-state index contributed by atoms with van der Waals surface area (Å²) in [4.78, 5) is 2.06. The predicted octanol–water partition coefficient (Wildman–Crippen LogP) is 2.63. The Morgan fingerprint density at radius 1 is 1.21 bits per heavy atom. The first-order valence-corrected chi connectivity index (χ1v) is 6.34. The Hall–Kier alpha value is -1.33. The number of halogens is 3. The monoisotopic (exact) mass is 270 g/mol. The van der Waals surface area contributed by atoms with E-state index in [-0.39, 0.29) is 11.6 Å². The second-order valence-corrected chi connectivity index (χ2v) is 4.59. The molecule has 0 aliphatic carbocycles. The SMILES string of the molecule is C=CC[C@H](c1ccc(F)c(F)c1F)N1CCNCC1. The maximum absolute atomic E-state index is 13.9. The molecule has 0 unspecified atom stereocenters. The van der Waals surface area contributed by atoms with Crippen molar-refractivity contribution in [1.82, 2.24) is 10.2 Å². The van der Waals surface area contributed by atoms with Crippen molar-refractivity contribution >= 4 is 0 Å². The number of hydrogen-bond donors (Lipinski definition) is 1. The van der Waals surface area contributed by atoms with E-state index in [9.17, 15) is 13.2 Å². The molecule has 104 valence electrons. The van der Waals surface area contributed by atoms with Crippen molar-refractivity contribution in [3.8, 4) is 0 Å². The maximum Gasteiger partial charge on any atom is 0.194 e. The molecule has 0 spiro atoms. The van der Waals surface area contributed by atoms with Crippen LogP contribution in [0, 0.1) is 17.5 Å². The molecule has 1 aliphatic heterocycles. The Kier molecular flexibility index (Phi) is 4.61. The number of benzene rings is 1. The van der Waals surface area contributed by atoms with Gasteiger partial charge in [0.2, 0.25) is 0 Å². The zero-order valence-corrected chi connectivity index (χ0v) is 10.6. The van der Waals surface area contributed by atoms with Crippen LogP contribution in [0.5, 0.6) is 0 Å². The van der Waals surface area contributed by atoms with Gasteiger partial charge in [-0.3, -0.25) is 4.90 Å². The van der Waals surface area contributed by atoms with Crippen LogP contribution in [-0.2, 0) is 0 Å². The Morgan fingerprint density at radius 3 is 2.53 bits per heavy atom. The van der Waals surface area contributed by atoms with Gasteiger partial charge in [0.25, 0.3) is 0 Å². The largest absolute Gasteiger partial charge is 0.314 e. The quantitative estimate of drug-likeness (QED) is 0.668. The topological polar surface area (TPSA) is 15.3 Å². The number of hydrogen-bond acceptors (Lipinski definition) is 2. The molecule has 1 aromatic rings. The molecule has 0 saturated carbocycles. The zero-order chi connectivity index (χ0) is 13.8. The first kappa shape index (κ1) is 14.1. The van der Waals surface area contributed by atoms with Gasteiger partial charge < -0.3 is 5.32 Å². The molecule has 0 bridgehead atoms. The van der Waals surface area contributed by atoms with Gasteiger partial charge in [0.15, 0.2) is 17.5 Å². The molecule has 1 heterocycles. The van der Waals surface area contributed by atoms with Gasteiger partial charge in [-0.1, -0.05) is 12.1 Å². The third-order valence-electron chi connectivity index (χ3n) is 3.41. The van der Waals surface area contributed by atoms with Crippen LogP contribution in [-0.4, -0.2) is 31.1 Å². The zero-order valence-electron chi connectivity index (χ0n) is 10.6. The molecule has 0 aromatic heterocycles. The van der Waals surface area contributed by atoms with E-state index in [0.717, 1.165) is 32.2 Å². The van der Waals surface area contributed by atoms with Crippen LogP contribution in [0.25, 0.3) is 0 Å². The fourth-order valence-corrected chi connectivity index (χ4v) is 2.42. The second-order valence-electron chi connectivity index (χ2n) is 4.59. The van der Waals surface area contributed by atoms with Crippen molar-refractivity contribution < 1.29 is 13.2 Å². The maximum atomic E-state index is 13.9. The van der Waals surface area contributed by atoms with E-state index in [2.05, 4.69) is 16.8 Å². The van der Waals surface area contributed by atoms with Crippen LogP contribution < -0.4 is 5.32 Å². The minimum absolute atomic E-state index is 0.195. The highest BCUT2D eigenvalue weighted by Gasteiger charge is 2.26. The lowest BCUT2D eigenvalue weighted by atomic mass is 10.00. The summed E-state index contributed by atoms with van der Waals surface area (Å²) in [7, 11) is 0. The van der Waals surface area contributed by atoms with Crippen LogP contribution in [0.4, 0.5) is 13.2 Å². The lowest BCUT2D eigenvalue weighted by Crippen LogP contribution is -2.45. The number of nitrogens with one attached hydrogen (secondary N) is 1. The highest BCUT2D eigenvalue weighted by molar-refractivity contribution is 5.24. The van der Waals surface area contributed by atoms with Gasteiger partial charge in [0, 0.05) is 37.8 Å². The first-order chi connectivity index (χ1) is 9.15. The molecular formula is C14H17F3N2. The van der Waals surface area contributed by atoms with Crippen molar-refractivity contribution in [3.63, 3.8) is 0 Å². The molecule has 2 nitrogen and oxygen atoms in total. The van der Waals surface area contributed by atoms with Crippen LogP contribution >= 0.6 is 0 Å². The minimum Gasteiger partial charge on any atom is -0.314 e. The molecule has 2 rings (SSSR count). The first-order valence-electron chi connectivity index (χ1n) is 6.34. The summed E-state index contributed by atoms with van der Waals surface area (Å²) in [6.07, 6.45) is 2.18. The van der Waals surface area contributed by atoms with Gasteiger partial charge in [0.1, 0.15) is 0 Å². The summed E-state index contributed by atoms with van der Waals surface area (Å²) in [6.45, 7) is 6.76. The van der Waals surface area contributed by atoms with Gasteiger partial charge in [-0.25, -0.2) is 13.2 Å². The molecule has 1 N–H and O–H groups in total. The van der Waals surface area contributed by atoms with E-state index < -0.39 is 17.5 Å².